The van der Waals surface area contributed by atoms with Crippen molar-refractivity contribution in [1.29, 1.82) is 0 Å². The Hall–Kier alpha value is -2.89. The Morgan fingerprint density at radius 3 is 2.48 bits per heavy atom. The second-order valence-electron chi connectivity index (χ2n) is 4.67. The van der Waals surface area contributed by atoms with E-state index in [1.54, 1.807) is 24.3 Å². The van der Waals surface area contributed by atoms with Crippen molar-refractivity contribution in [3.8, 4) is 5.75 Å². The minimum Gasteiger partial charge on any atom is -0.492 e. The highest BCUT2D eigenvalue weighted by molar-refractivity contribution is 5.99. The molecule has 0 aliphatic carbocycles. The maximum atomic E-state index is 12.8. The summed E-state index contributed by atoms with van der Waals surface area (Å²) in [5, 5.41) is 5.15. The summed E-state index contributed by atoms with van der Waals surface area (Å²) >= 11 is 0. The molecule has 23 heavy (non-hydrogen) atoms. The fourth-order valence-corrected chi connectivity index (χ4v) is 1.91. The van der Waals surface area contributed by atoms with Crippen LogP contribution in [0, 0.1) is 5.82 Å². The van der Waals surface area contributed by atoms with Gasteiger partial charge in [0.05, 0.1) is 18.8 Å². The second-order valence-corrected chi connectivity index (χ2v) is 4.67. The Morgan fingerprint density at radius 1 is 1.09 bits per heavy atom. The summed E-state index contributed by atoms with van der Waals surface area (Å²) in [4.78, 5) is 23.8. The Bertz CT molecular complexity index is 686. The molecule has 0 atom stereocenters. The largest absolute Gasteiger partial charge is 0.492 e. The molecule has 0 aliphatic heterocycles. The maximum absolute atomic E-state index is 12.8. The molecule has 2 aromatic rings. The normalized spacial score (nSPS) is 10.0. The van der Waals surface area contributed by atoms with Gasteiger partial charge in [-0.15, -0.1) is 0 Å². The van der Waals surface area contributed by atoms with E-state index in [4.69, 9.17) is 4.74 Å². The third-order valence-electron chi connectivity index (χ3n) is 2.98. The number of carbonyl (C=O) groups excluding carboxylic acids is 2. The molecule has 2 aromatic carbocycles. The molecule has 0 aromatic heterocycles. The number of nitrogens with one attached hydrogen (secondary N) is 2. The maximum Gasteiger partial charge on any atom is 0.251 e. The minimum atomic E-state index is -0.446. The van der Waals surface area contributed by atoms with Gasteiger partial charge in [0.15, 0.2) is 0 Å². The number of ether oxygens (including phenoxy) is 1. The van der Waals surface area contributed by atoms with E-state index in [1.165, 1.54) is 24.3 Å². The molecule has 0 bridgehead atoms. The Labute approximate surface area is 133 Å². The van der Waals surface area contributed by atoms with E-state index in [9.17, 15) is 14.0 Å². The zero-order valence-electron chi connectivity index (χ0n) is 12.6. The van der Waals surface area contributed by atoms with Crippen molar-refractivity contribution < 1.29 is 18.7 Å². The highest BCUT2D eigenvalue weighted by Crippen LogP contribution is 2.23. The van der Waals surface area contributed by atoms with Crippen LogP contribution in [0.1, 0.15) is 17.3 Å². The van der Waals surface area contributed by atoms with Crippen molar-refractivity contribution in [3.05, 3.63) is 59.9 Å². The summed E-state index contributed by atoms with van der Waals surface area (Å²) in [6.07, 6.45) is 0. The number of anilines is 1. The van der Waals surface area contributed by atoms with Gasteiger partial charge in [0.1, 0.15) is 11.6 Å². The highest BCUT2D eigenvalue weighted by atomic mass is 19.1. The standard InChI is InChI=1S/C17H17FN2O3/c1-2-23-15-6-4-3-5-14(15)20-16(21)11-19-17(22)12-7-9-13(18)10-8-12/h3-10H,2,11H2,1H3,(H,19,22)(H,20,21). The van der Waals surface area contributed by atoms with Crippen molar-refractivity contribution >= 4 is 17.5 Å². The van der Waals surface area contributed by atoms with Crippen LogP contribution in [-0.2, 0) is 4.79 Å². The van der Waals surface area contributed by atoms with E-state index in [0.717, 1.165) is 0 Å². The molecule has 0 unspecified atom stereocenters. The summed E-state index contributed by atoms with van der Waals surface area (Å²) in [7, 11) is 0. The van der Waals surface area contributed by atoms with Crippen molar-refractivity contribution in [2.75, 3.05) is 18.5 Å². The lowest BCUT2D eigenvalue weighted by atomic mass is 10.2. The van der Waals surface area contributed by atoms with Gasteiger partial charge in [-0.1, -0.05) is 12.1 Å². The van der Waals surface area contributed by atoms with Crippen LogP contribution in [0.3, 0.4) is 0 Å². The average molecular weight is 316 g/mol. The number of hydrogen-bond acceptors (Lipinski definition) is 3. The Kier molecular flexibility index (Phi) is 5.68. The number of halogens is 1. The lowest BCUT2D eigenvalue weighted by molar-refractivity contribution is -0.115. The lowest BCUT2D eigenvalue weighted by Crippen LogP contribution is -2.32. The summed E-state index contributed by atoms with van der Waals surface area (Å²) in [6.45, 7) is 2.13. The fourth-order valence-electron chi connectivity index (χ4n) is 1.91. The molecular formula is C17H17FN2O3. The van der Waals surface area contributed by atoms with Crippen molar-refractivity contribution in [2.45, 2.75) is 6.92 Å². The quantitative estimate of drug-likeness (QED) is 0.861. The van der Waals surface area contributed by atoms with Gasteiger partial charge < -0.3 is 15.4 Å². The zero-order valence-corrected chi connectivity index (χ0v) is 12.6. The van der Waals surface area contributed by atoms with E-state index in [2.05, 4.69) is 10.6 Å². The van der Waals surface area contributed by atoms with Crippen LogP contribution in [0.2, 0.25) is 0 Å². The van der Waals surface area contributed by atoms with Crippen LogP contribution < -0.4 is 15.4 Å². The minimum absolute atomic E-state index is 0.198. The van der Waals surface area contributed by atoms with Crippen LogP contribution in [-0.4, -0.2) is 25.0 Å². The summed E-state index contributed by atoms with van der Waals surface area (Å²) in [5.74, 6) is -0.689. The van der Waals surface area contributed by atoms with E-state index >= 15 is 0 Å². The number of rotatable bonds is 6. The molecule has 0 heterocycles. The van der Waals surface area contributed by atoms with Gasteiger partial charge in [0.2, 0.25) is 5.91 Å². The molecule has 5 nitrogen and oxygen atoms in total. The van der Waals surface area contributed by atoms with Crippen LogP contribution in [0.25, 0.3) is 0 Å². The zero-order chi connectivity index (χ0) is 16.7. The molecule has 6 heteroatoms. The monoisotopic (exact) mass is 316 g/mol. The van der Waals surface area contributed by atoms with Gasteiger partial charge >= 0.3 is 0 Å². The van der Waals surface area contributed by atoms with Gasteiger partial charge in [-0.2, -0.15) is 0 Å². The van der Waals surface area contributed by atoms with Crippen LogP contribution >= 0.6 is 0 Å². The fraction of sp³-hybridized carbons (Fsp3) is 0.176. The average Bonchev–Trinajstić information content (AvgIpc) is 2.55. The first-order chi connectivity index (χ1) is 11.1. The number of benzene rings is 2. The molecule has 2 N–H and O–H groups in total. The Balaban J connectivity index is 1.90. The van der Waals surface area contributed by atoms with Crippen molar-refractivity contribution in [1.82, 2.24) is 5.32 Å². The van der Waals surface area contributed by atoms with Gasteiger partial charge in [-0.05, 0) is 43.3 Å². The molecule has 0 saturated heterocycles. The predicted octanol–water partition coefficient (Wildman–Crippen LogP) is 2.59. The molecule has 0 fully saturated rings. The first kappa shape index (κ1) is 16.5. The van der Waals surface area contributed by atoms with E-state index in [0.29, 0.717) is 18.0 Å². The third-order valence-corrected chi connectivity index (χ3v) is 2.98. The molecule has 2 rings (SSSR count). The van der Waals surface area contributed by atoms with Gasteiger partial charge in [0.25, 0.3) is 5.91 Å². The predicted molar refractivity (Wildman–Crippen MR) is 85.0 cm³/mol. The van der Waals surface area contributed by atoms with E-state index in [1.807, 2.05) is 6.92 Å². The summed E-state index contributed by atoms with van der Waals surface area (Å²) in [5.41, 5.74) is 0.823. The number of para-hydroxylation sites is 2. The second kappa shape index (κ2) is 7.93. The molecule has 0 spiro atoms. The smallest absolute Gasteiger partial charge is 0.251 e. The van der Waals surface area contributed by atoms with E-state index in [-0.39, 0.29) is 18.0 Å². The topological polar surface area (TPSA) is 67.4 Å². The first-order valence-electron chi connectivity index (χ1n) is 7.15. The van der Waals surface area contributed by atoms with E-state index < -0.39 is 11.7 Å². The molecule has 2 amide bonds. The number of amides is 2. The van der Waals surface area contributed by atoms with Crippen LogP contribution in [0.5, 0.6) is 5.75 Å². The van der Waals surface area contributed by atoms with Crippen molar-refractivity contribution in [3.63, 3.8) is 0 Å². The molecule has 0 aliphatic rings. The SMILES string of the molecule is CCOc1ccccc1NC(=O)CNC(=O)c1ccc(F)cc1. The third kappa shape index (κ3) is 4.81. The van der Waals surface area contributed by atoms with Gasteiger partial charge in [-0.3, -0.25) is 9.59 Å². The molecular weight excluding hydrogens is 299 g/mol. The number of hydrogen-bond donors (Lipinski definition) is 2. The van der Waals surface area contributed by atoms with Crippen LogP contribution in [0.4, 0.5) is 10.1 Å². The van der Waals surface area contributed by atoms with Crippen LogP contribution in [0.15, 0.2) is 48.5 Å². The summed E-state index contributed by atoms with van der Waals surface area (Å²) < 4.78 is 18.2. The highest BCUT2D eigenvalue weighted by Gasteiger charge is 2.10. The molecule has 0 saturated carbocycles. The Morgan fingerprint density at radius 2 is 1.78 bits per heavy atom. The van der Waals surface area contributed by atoms with Crippen molar-refractivity contribution in [2.24, 2.45) is 0 Å². The molecule has 120 valence electrons. The summed E-state index contributed by atoms with van der Waals surface area (Å²) in [6, 6.07) is 12.1. The first-order valence-corrected chi connectivity index (χ1v) is 7.15. The number of carbonyl (C=O) groups is 2. The van der Waals surface area contributed by atoms with Gasteiger partial charge in [-0.25, -0.2) is 4.39 Å². The lowest BCUT2D eigenvalue weighted by Gasteiger charge is -2.11. The van der Waals surface area contributed by atoms with Gasteiger partial charge in [0, 0.05) is 5.56 Å². The molecule has 0 radical (unpaired) electrons.